The number of allylic oxidation sites excluding steroid dienone is 1. The van der Waals surface area contributed by atoms with Gasteiger partial charge < -0.3 is 4.74 Å². The van der Waals surface area contributed by atoms with Crippen molar-refractivity contribution in [1.29, 1.82) is 0 Å². The van der Waals surface area contributed by atoms with Crippen molar-refractivity contribution in [2.75, 3.05) is 7.11 Å². The molecule has 160 valence electrons. The Hall–Kier alpha value is -2.68. The van der Waals surface area contributed by atoms with Crippen LogP contribution in [0.1, 0.15) is 29.8 Å². The molecule has 1 aromatic carbocycles. The lowest BCUT2D eigenvalue weighted by atomic mass is 9.96. The first-order chi connectivity index (χ1) is 14.7. The van der Waals surface area contributed by atoms with Crippen molar-refractivity contribution in [2.45, 2.75) is 19.9 Å². The molecule has 2 aromatic heterocycles. The molecule has 0 N–H and O–H groups in total. The summed E-state index contributed by atoms with van der Waals surface area (Å²) in [6.45, 7) is 3.62. The van der Waals surface area contributed by atoms with E-state index >= 15 is 0 Å². The maximum Gasteiger partial charge on any atom is 0.338 e. The summed E-state index contributed by atoms with van der Waals surface area (Å²) in [5.74, 6) is -0.537. The Bertz CT molecular complexity index is 1430. The van der Waals surface area contributed by atoms with E-state index < -0.39 is 12.0 Å². The van der Waals surface area contributed by atoms with Gasteiger partial charge in [0.05, 0.1) is 29.1 Å². The normalized spacial score (nSPS) is 16.3. The van der Waals surface area contributed by atoms with Crippen LogP contribution in [0.2, 0.25) is 10.0 Å². The van der Waals surface area contributed by atoms with Gasteiger partial charge in [0.1, 0.15) is 6.04 Å². The second-order valence-electron chi connectivity index (χ2n) is 7.05. The molecule has 0 radical (unpaired) electrons. The first kappa shape index (κ1) is 21.5. The average molecular weight is 477 g/mol. The Kier molecular flexibility index (Phi) is 5.63. The third-order valence-electron chi connectivity index (χ3n) is 5.24. The molecule has 1 aliphatic heterocycles. The molecule has 1 aliphatic rings. The van der Waals surface area contributed by atoms with Crippen LogP contribution in [0, 0.1) is 6.92 Å². The van der Waals surface area contributed by atoms with Crippen molar-refractivity contribution in [3.8, 4) is 0 Å². The topological polar surface area (TPSA) is 78.5 Å². The maximum absolute atomic E-state index is 13.5. The number of hydrogen-bond acceptors (Lipinski definition) is 6. The molecule has 3 heterocycles. The Balaban J connectivity index is 2.01. The lowest BCUT2D eigenvalue weighted by Gasteiger charge is -2.23. The van der Waals surface area contributed by atoms with Crippen molar-refractivity contribution >= 4 is 46.6 Å². The van der Waals surface area contributed by atoms with Gasteiger partial charge >= 0.3 is 5.97 Å². The number of carbonyl (C=O) groups is 1. The van der Waals surface area contributed by atoms with Crippen LogP contribution in [0.15, 0.2) is 45.5 Å². The lowest BCUT2D eigenvalue weighted by molar-refractivity contribution is -0.136. The summed E-state index contributed by atoms with van der Waals surface area (Å²) in [7, 11) is 3.11. The Morgan fingerprint density at radius 1 is 1.29 bits per heavy atom. The van der Waals surface area contributed by atoms with E-state index in [-0.39, 0.29) is 5.56 Å². The summed E-state index contributed by atoms with van der Waals surface area (Å²) in [5, 5.41) is 5.24. The van der Waals surface area contributed by atoms with Crippen LogP contribution in [-0.4, -0.2) is 27.4 Å². The van der Waals surface area contributed by atoms with E-state index in [1.807, 2.05) is 6.92 Å². The molecule has 1 unspecified atom stereocenters. The Labute approximate surface area is 191 Å². The summed E-state index contributed by atoms with van der Waals surface area (Å²) in [5.41, 5.74) is 2.75. The molecule has 0 saturated carbocycles. The molecule has 3 aromatic rings. The van der Waals surface area contributed by atoms with Crippen LogP contribution in [0.4, 0.5) is 0 Å². The Morgan fingerprint density at radius 3 is 2.65 bits per heavy atom. The van der Waals surface area contributed by atoms with E-state index in [1.54, 1.807) is 49.1 Å². The number of fused-ring (bicyclic) bond motifs is 1. The highest BCUT2D eigenvalue weighted by Gasteiger charge is 2.35. The number of esters is 1. The summed E-state index contributed by atoms with van der Waals surface area (Å²) in [6.07, 6.45) is 3.36. The predicted molar refractivity (Wildman–Crippen MR) is 120 cm³/mol. The van der Waals surface area contributed by atoms with Crippen LogP contribution < -0.4 is 14.9 Å². The van der Waals surface area contributed by atoms with Crippen LogP contribution >= 0.6 is 34.5 Å². The van der Waals surface area contributed by atoms with Crippen molar-refractivity contribution in [3.63, 3.8) is 0 Å². The number of hydrogen-bond donors (Lipinski definition) is 0. The molecule has 10 heteroatoms. The quantitative estimate of drug-likeness (QED) is 0.544. The molecule has 31 heavy (non-hydrogen) atoms. The number of halogens is 2. The number of ether oxygens (including phenoxy) is 1. The number of aryl methyl sites for hydroxylation is 1. The maximum atomic E-state index is 13.5. The number of benzene rings is 1. The highest BCUT2D eigenvalue weighted by atomic mass is 35.5. The molecular weight excluding hydrogens is 459 g/mol. The van der Waals surface area contributed by atoms with Gasteiger partial charge in [0.15, 0.2) is 4.80 Å². The zero-order valence-corrected chi connectivity index (χ0v) is 19.5. The lowest BCUT2D eigenvalue weighted by Crippen LogP contribution is -2.40. The van der Waals surface area contributed by atoms with Gasteiger partial charge in [-0.25, -0.2) is 9.79 Å². The third kappa shape index (κ3) is 3.64. The van der Waals surface area contributed by atoms with E-state index in [9.17, 15) is 9.59 Å². The molecular formula is C21H18Cl2N4O3S. The standard InChI is InChI=1S/C21H18Cl2N4O3S/c1-10-17(20(29)30-4)18(14-9-24-26(3)11(14)2)27-19(28)16(31-21(27)25-10)7-12-5-6-13(22)8-15(12)23/h5-9,18H,1-4H3. The molecule has 4 rings (SSSR count). The van der Waals surface area contributed by atoms with Gasteiger partial charge in [-0.2, -0.15) is 5.10 Å². The minimum absolute atomic E-state index is 0.281. The number of carbonyl (C=O) groups excluding carboxylic acids is 1. The van der Waals surface area contributed by atoms with Crippen molar-refractivity contribution < 1.29 is 9.53 Å². The second kappa shape index (κ2) is 8.11. The van der Waals surface area contributed by atoms with E-state index in [4.69, 9.17) is 27.9 Å². The molecule has 0 amide bonds. The number of thiazole rings is 1. The van der Waals surface area contributed by atoms with Gasteiger partial charge in [-0.3, -0.25) is 14.0 Å². The third-order valence-corrected chi connectivity index (χ3v) is 6.79. The summed E-state index contributed by atoms with van der Waals surface area (Å²) < 4.78 is 8.66. The van der Waals surface area contributed by atoms with E-state index in [1.165, 1.54) is 23.0 Å². The fourth-order valence-corrected chi connectivity index (χ4v) is 5.03. The molecule has 0 bridgehead atoms. The molecule has 0 saturated heterocycles. The predicted octanol–water partition coefficient (Wildman–Crippen LogP) is 2.76. The van der Waals surface area contributed by atoms with Crippen molar-refractivity contribution in [3.05, 3.63) is 82.2 Å². The highest BCUT2D eigenvalue weighted by Crippen LogP contribution is 2.32. The van der Waals surface area contributed by atoms with Gasteiger partial charge in [0.2, 0.25) is 0 Å². The fourth-order valence-electron chi connectivity index (χ4n) is 3.53. The first-order valence-electron chi connectivity index (χ1n) is 9.27. The largest absolute Gasteiger partial charge is 0.466 e. The smallest absolute Gasteiger partial charge is 0.338 e. The fraction of sp³-hybridized carbons (Fsp3) is 0.238. The zero-order valence-electron chi connectivity index (χ0n) is 17.1. The molecule has 0 fully saturated rings. The van der Waals surface area contributed by atoms with Gasteiger partial charge in [-0.1, -0.05) is 40.6 Å². The van der Waals surface area contributed by atoms with Gasteiger partial charge in [-0.05, 0) is 37.6 Å². The molecule has 0 aliphatic carbocycles. The number of aromatic nitrogens is 3. The SMILES string of the molecule is COC(=O)C1=C(C)N=c2sc(=Cc3ccc(Cl)cc3Cl)c(=O)n2C1c1cnn(C)c1C. The summed E-state index contributed by atoms with van der Waals surface area (Å²) >= 11 is 13.5. The molecule has 1 atom stereocenters. The monoisotopic (exact) mass is 476 g/mol. The minimum Gasteiger partial charge on any atom is -0.466 e. The van der Waals surface area contributed by atoms with Crippen LogP contribution in [0.3, 0.4) is 0 Å². The first-order valence-corrected chi connectivity index (χ1v) is 10.8. The van der Waals surface area contributed by atoms with Gasteiger partial charge in [-0.15, -0.1) is 0 Å². The van der Waals surface area contributed by atoms with E-state index in [0.717, 1.165) is 11.3 Å². The van der Waals surface area contributed by atoms with Gasteiger partial charge in [0, 0.05) is 28.4 Å². The van der Waals surface area contributed by atoms with Crippen molar-refractivity contribution in [2.24, 2.45) is 12.0 Å². The summed E-state index contributed by atoms with van der Waals surface area (Å²) in [4.78, 5) is 31.1. The van der Waals surface area contributed by atoms with Crippen LogP contribution in [-0.2, 0) is 16.6 Å². The second-order valence-corrected chi connectivity index (χ2v) is 8.90. The molecule has 7 nitrogen and oxygen atoms in total. The van der Waals surface area contributed by atoms with Crippen LogP contribution in [0.5, 0.6) is 0 Å². The zero-order chi connectivity index (χ0) is 22.4. The average Bonchev–Trinajstić information content (AvgIpc) is 3.21. The number of rotatable bonds is 3. The molecule has 0 spiro atoms. The van der Waals surface area contributed by atoms with E-state index in [2.05, 4.69) is 10.1 Å². The highest BCUT2D eigenvalue weighted by molar-refractivity contribution is 7.07. The van der Waals surface area contributed by atoms with Gasteiger partial charge in [0.25, 0.3) is 5.56 Å². The minimum atomic E-state index is -0.694. The van der Waals surface area contributed by atoms with E-state index in [0.29, 0.717) is 36.2 Å². The number of methoxy groups -OCH3 is 1. The summed E-state index contributed by atoms with van der Waals surface area (Å²) in [6, 6.07) is 4.38. The number of nitrogens with zero attached hydrogens (tertiary/aromatic N) is 4. The Morgan fingerprint density at radius 2 is 2.03 bits per heavy atom. The van der Waals surface area contributed by atoms with Crippen LogP contribution in [0.25, 0.3) is 6.08 Å². The van der Waals surface area contributed by atoms with Crippen molar-refractivity contribution in [1.82, 2.24) is 14.3 Å².